The van der Waals surface area contributed by atoms with Crippen molar-refractivity contribution in [3.05, 3.63) is 23.0 Å². The SMILES string of the molecule is CCCCCC(C)(O)CCCC(C)=CCCC1(C)CCC2=C(O1)C(C)C(C)C(O)C2. The molecule has 1 aliphatic heterocycles. The number of allylic oxidation sites excluding steroid dienone is 3. The Hall–Kier alpha value is -0.800. The van der Waals surface area contributed by atoms with Crippen LogP contribution in [0.1, 0.15) is 119 Å². The first-order valence-corrected chi connectivity index (χ1v) is 12.5. The topological polar surface area (TPSA) is 49.7 Å². The molecular formula is C27H48O3. The molecule has 3 nitrogen and oxygen atoms in total. The van der Waals surface area contributed by atoms with E-state index in [-0.39, 0.29) is 17.6 Å². The lowest BCUT2D eigenvalue weighted by Crippen LogP contribution is -2.40. The quantitative estimate of drug-likeness (QED) is 0.277. The predicted octanol–water partition coefficient (Wildman–Crippen LogP) is 7.07. The Morgan fingerprint density at radius 2 is 1.93 bits per heavy atom. The van der Waals surface area contributed by atoms with Crippen LogP contribution in [0, 0.1) is 11.8 Å². The van der Waals surface area contributed by atoms with E-state index in [1.54, 1.807) is 0 Å². The molecule has 2 rings (SSSR count). The molecule has 0 aromatic rings. The first kappa shape index (κ1) is 25.5. The minimum absolute atomic E-state index is 0.0885. The molecule has 0 saturated heterocycles. The summed E-state index contributed by atoms with van der Waals surface area (Å²) in [7, 11) is 0. The van der Waals surface area contributed by atoms with Gasteiger partial charge in [-0.05, 0) is 90.0 Å². The molecule has 5 unspecified atom stereocenters. The summed E-state index contributed by atoms with van der Waals surface area (Å²) in [5, 5.41) is 20.8. The molecule has 1 aliphatic carbocycles. The molecular weight excluding hydrogens is 372 g/mol. The van der Waals surface area contributed by atoms with Crippen molar-refractivity contribution in [1.29, 1.82) is 0 Å². The van der Waals surface area contributed by atoms with Crippen LogP contribution in [0.25, 0.3) is 0 Å². The second-order valence-corrected chi connectivity index (χ2v) is 10.8. The number of ether oxygens (including phenoxy) is 1. The van der Waals surface area contributed by atoms with E-state index in [1.807, 2.05) is 6.92 Å². The summed E-state index contributed by atoms with van der Waals surface area (Å²) in [6, 6.07) is 0. The lowest BCUT2D eigenvalue weighted by molar-refractivity contribution is -0.0493. The fraction of sp³-hybridized carbons (Fsp3) is 0.852. The maximum Gasteiger partial charge on any atom is 0.106 e. The van der Waals surface area contributed by atoms with Crippen LogP contribution in [0.15, 0.2) is 23.0 Å². The molecule has 1 heterocycles. The Balaban J connectivity index is 1.77. The van der Waals surface area contributed by atoms with Crippen LogP contribution in [-0.4, -0.2) is 27.5 Å². The van der Waals surface area contributed by atoms with Crippen molar-refractivity contribution >= 4 is 0 Å². The van der Waals surface area contributed by atoms with E-state index in [1.165, 1.54) is 29.7 Å². The monoisotopic (exact) mass is 420 g/mol. The van der Waals surface area contributed by atoms with Gasteiger partial charge in [0.25, 0.3) is 0 Å². The van der Waals surface area contributed by atoms with E-state index in [0.29, 0.717) is 5.92 Å². The predicted molar refractivity (Wildman–Crippen MR) is 126 cm³/mol. The van der Waals surface area contributed by atoms with Gasteiger partial charge in [0, 0.05) is 5.92 Å². The van der Waals surface area contributed by atoms with Crippen molar-refractivity contribution < 1.29 is 14.9 Å². The number of aliphatic hydroxyl groups is 2. The van der Waals surface area contributed by atoms with Crippen LogP contribution < -0.4 is 0 Å². The zero-order valence-electron chi connectivity index (χ0n) is 20.6. The Kier molecular flexibility index (Phi) is 9.49. The van der Waals surface area contributed by atoms with Gasteiger partial charge in [-0.1, -0.05) is 51.7 Å². The van der Waals surface area contributed by atoms with Gasteiger partial charge in [-0.3, -0.25) is 0 Å². The van der Waals surface area contributed by atoms with Crippen LogP contribution in [0.2, 0.25) is 0 Å². The highest BCUT2D eigenvalue weighted by molar-refractivity contribution is 5.21. The second-order valence-electron chi connectivity index (χ2n) is 10.8. The Labute approximate surface area is 186 Å². The molecule has 3 heteroatoms. The average molecular weight is 421 g/mol. The van der Waals surface area contributed by atoms with Crippen LogP contribution >= 0.6 is 0 Å². The summed E-state index contributed by atoms with van der Waals surface area (Å²) in [4.78, 5) is 0. The molecule has 174 valence electrons. The van der Waals surface area contributed by atoms with E-state index in [2.05, 4.69) is 40.7 Å². The lowest BCUT2D eigenvalue weighted by atomic mass is 9.75. The highest BCUT2D eigenvalue weighted by atomic mass is 16.5. The molecule has 30 heavy (non-hydrogen) atoms. The maximum absolute atomic E-state index is 10.5. The van der Waals surface area contributed by atoms with Gasteiger partial charge in [-0.15, -0.1) is 0 Å². The smallest absolute Gasteiger partial charge is 0.106 e. The largest absolute Gasteiger partial charge is 0.492 e. The highest BCUT2D eigenvalue weighted by Crippen LogP contribution is 2.45. The van der Waals surface area contributed by atoms with Crippen molar-refractivity contribution in [2.75, 3.05) is 0 Å². The third-order valence-electron chi connectivity index (χ3n) is 7.70. The Morgan fingerprint density at radius 1 is 1.23 bits per heavy atom. The minimum atomic E-state index is -0.508. The van der Waals surface area contributed by atoms with Gasteiger partial charge in [0.2, 0.25) is 0 Å². The van der Waals surface area contributed by atoms with Crippen molar-refractivity contribution in [1.82, 2.24) is 0 Å². The van der Waals surface area contributed by atoms with Gasteiger partial charge in [0.1, 0.15) is 5.60 Å². The number of aliphatic hydroxyl groups excluding tert-OH is 1. The molecule has 0 saturated carbocycles. The van der Waals surface area contributed by atoms with Gasteiger partial charge in [-0.2, -0.15) is 0 Å². The van der Waals surface area contributed by atoms with Crippen LogP contribution in [0.3, 0.4) is 0 Å². The molecule has 0 aromatic carbocycles. The van der Waals surface area contributed by atoms with E-state index in [9.17, 15) is 10.2 Å². The molecule has 0 radical (unpaired) electrons. The highest BCUT2D eigenvalue weighted by Gasteiger charge is 2.40. The third-order valence-corrected chi connectivity index (χ3v) is 7.70. The number of unbranched alkanes of at least 4 members (excludes halogenated alkanes) is 2. The van der Waals surface area contributed by atoms with Crippen LogP contribution in [0.5, 0.6) is 0 Å². The summed E-state index contributed by atoms with van der Waals surface area (Å²) in [6.45, 7) is 13.0. The van der Waals surface area contributed by atoms with Crippen LogP contribution in [-0.2, 0) is 4.74 Å². The number of rotatable bonds is 11. The van der Waals surface area contributed by atoms with Crippen molar-refractivity contribution in [2.24, 2.45) is 11.8 Å². The van der Waals surface area contributed by atoms with Crippen molar-refractivity contribution in [2.45, 2.75) is 136 Å². The zero-order chi connectivity index (χ0) is 22.4. The maximum atomic E-state index is 10.5. The second kappa shape index (κ2) is 11.2. The minimum Gasteiger partial charge on any atom is -0.492 e. The van der Waals surface area contributed by atoms with E-state index in [4.69, 9.17) is 4.74 Å². The molecule has 0 aromatic heterocycles. The molecule has 0 bridgehead atoms. The lowest BCUT2D eigenvalue weighted by Gasteiger charge is -2.44. The molecule has 2 aliphatic rings. The van der Waals surface area contributed by atoms with Gasteiger partial charge in [-0.25, -0.2) is 0 Å². The normalized spacial score (nSPS) is 31.9. The summed E-state index contributed by atoms with van der Waals surface area (Å²) >= 11 is 0. The molecule has 2 N–H and O–H groups in total. The molecule has 0 amide bonds. The summed E-state index contributed by atoms with van der Waals surface area (Å²) in [6.07, 6.45) is 14.6. The van der Waals surface area contributed by atoms with Gasteiger partial charge < -0.3 is 14.9 Å². The average Bonchev–Trinajstić information content (AvgIpc) is 2.67. The fourth-order valence-corrected chi connectivity index (χ4v) is 5.09. The Bertz CT molecular complexity index is 603. The molecule has 0 fully saturated rings. The standard InChI is InChI=1S/C27H48O3/c1-7-8-9-15-26(5,29)16-10-12-20(2)13-11-17-27(6)18-14-23-19-24(28)21(3)22(4)25(23)30-27/h13,21-22,24,28-29H,7-12,14-19H2,1-6H3. The van der Waals surface area contributed by atoms with E-state index < -0.39 is 5.60 Å². The van der Waals surface area contributed by atoms with Crippen molar-refractivity contribution in [3.63, 3.8) is 0 Å². The van der Waals surface area contributed by atoms with Gasteiger partial charge in [0.05, 0.1) is 17.5 Å². The number of hydrogen-bond donors (Lipinski definition) is 2. The summed E-state index contributed by atoms with van der Waals surface area (Å²) < 4.78 is 6.57. The van der Waals surface area contributed by atoms with Crippen LogP contribution in [0.4, 0.5) is 0 Å². The fourth-order valence-electron chi connectivity index (χ4n) is 5.09. The van der Waals surface area contributed by atoms with E-state index in [0.717, 1.165) is 64.2 Å². The van der Waals surface area contributed by atoms with Gasteiger partial charge in [0.15, 0.2) is 0 Å². The summed E-state index contributed by atoms with van der Waals surface area (Å²) in [5.74, 6) is 1.76. The molecule has 0 spiro atoms. The van der Waals surface area contributed by atoms with Crippen molar-refractivity contribution in [3.8, 4) is 0 Å². The first-order valence-electron chi connectivity index (χ1n) is 12.5. The Morgan fingerprint density at radius 3 is 2.63 bits per heavy atom. The van der Waals surface area contributed by atoms with E-state index >= 15 is 0 Å². The zero-order valence-corrected chi connectivity index (χ0v) is 20.6. The molecule has 5 atom stereocenters. The number of hydrogen-bond acceptors (Lipinski definition) is 3. The third kappa shape index (κ3) is 7.41. The van der Waals surface area contributed by atoms with Gasteiger partial charge >= 0.3 is 0 Å². The summed E-state index contributed by atoms with van der Waals surface area (Å²) in [5.41, 5.74) is 2.19. The first-order chi connectivity index (χ1) is 14.1.